The van der Waals surface area contributed by atoms with Crippen molar-refractivity contribution in [3.05, 3.63) is 12.2 Å². The fourth-order valence-corrected chi connectivity index (χ4v) is 1.85. The second kappa shape index (κ2) is 3.35. The first-order valence-electron chi connectivity index (χ1n) is 4.75. The summed E-state index contributed by atoms with van der Waals surface area (Å²) in [4.78, 5) is 10.8. The highest BCUT2D eigenvalue weighted by Gasteiger charge is 2.35. The molecule has 0 bridgehead atoms. The molecule has 2 fully saturated rings. The third-order valence-corrected chi connectivity index (χ3v) is 2.85. The molecule has 1 aromatic rings. The van der Waals surface area contributed by atoms with E-state index in [-0.39, 0.29) is 12.4 Å². The lowest BCUT2D eigenvalue weighted by molar-refractivity contribution is -0.124. The zero-order chi connectivity index (χ0) is 8.84. The standard InChI is InChI=1S/C9H11N3O.ClH/c13-8-3-6(4-8)9-11-10-5-12(9)7-1-2-7;/h5-7H,1-4H2;1H. The monoisotopic (exact) mass is 213 g/mol. The van der Waals surface area contributed by atoms with Crippen molar-refractivity contribution in [2.45, 2.75) is 37.6 Å². The number of carbonyl (C=O) groups is 1. The predicted molar refractivity (Wildman–Crippen MR) is 52.5 cm³/mol. The lowest BCUT2D eigenvalue weighted by Crippen LogP contribution is -2.24. The number of hydrogen-bond acceptors (Lipinski definition) is 3. The summed E-state index contributed by atoms with van der Waals surface area (Å²) in [6.07, 6.45) is 5.63. The topological polar surface area (TPSA) is 47.8 Å². The van der Waals surface area contributed by atoms with Gasteiger partial charge in [0.05, 0.1) is 0 Å². The van der Waals surface area contributed by atoms with Gasteiger partial charge in [0.15, 0.2) is 0 Å². The minimum absolute atomic E-state index is 0. The van der Waals surface area contributed by atoms with Gasteiger partial charge in [0, 0.05) is 24.8 Å². The van der Waals surface area contributed by atoms with Crippen LogP contribution in [0.15, 0.2) is 6.33 Å². The van der Waals surface area contributed by atoms with Crippen molar-refractivity contribution in [2.75, 3.05) is 0 Å². The molecule has 0 amide bonds. The van der Waals surface area contributed by atoms with Crippen molar-refractivity contribution in [3.8, 4) is 0 Å². The third-order valence-electron chi connectivity index (χ3n) is 2.85. The summed E-state index contributed by atoms with van der Waals surface area (Å²) in [7, 11) is 0. The lowest BCUT2D eigenvalue weighted by atomic mass is 9.83. The number of carbonyl (C=O) groups excluding carboxylic acids is 1. The van der Waals surface area contributed by atoms with Gasteiger partial charge in [-0.05, 0) is 12.8 Å². The Kier molecular flexibility index (Phi) is 2.31. The summed E-state index contributed by atoms with van der Waals surface area (Å²) < 4.78 is 2.15. The molecule has 76 valence electrons. The van der Waals surface area contributed by atoms with Crippen LogP contribution in [0.3, 0.4) is 0 Å². The number of Topliss-reactive ketones (excluding diaryl/α,β-unsaturated/α-hetero) is 1. The van der Waals surface area contributed by atoms with Crippen LogP contribution >= 0.6 is 12.4 Å². The smallest absolute Gasteiger partial charge is 0.137 e. The molecule has 5 heteroatoms. The fraction of sp³-hybridized carbons (Fsp3) is 0.667. The number of rotatable bonds is 2. The van der Waals surface area contributed by atoms with Crippen LogP contribution in [-0.2, 0) is 4.79 Å². The second-order valence-corrected chi connectivity index (χ2v) is 3.97. The van der Waals surface area contributed by atoms with E-state index in [9.17, 15) is 4.79 Å². The van der Waals surface area contributed by atoms with Crippen LogP contribution in [0.2, 0.25) is 0 Å². The highest BCUT2D eigenvalue weighted by molar-refractivity contribution is 5.86. The van der Waals surface area contributed by atoms with E-state index in [1.54, 1.807) is 6.33 Å². The van der Waals surface area contributed by atoms with E-state index in [1.165, 1.54) is 12.8 Å². The number of nitrogens with zero attached hydrogens (tertiary/aromatic N) is 3. The molecule has 0 unspecified atom stereocenters. The third kappa shape index (κ3) is 1.43. The van der Waals surface area contributed by atoms with E-state index in [2.05, 4.69) is 14.8 Å². The molecule has 0 aromatic carbocycles. The average Bonchev–Trinajstić information content (AvgIpc) is 2.80. The number of halogens is 1. The first-order chi connectivity index (χ1) is 6.34. The summed E-state index contributed by atoms with van der Waals surface area (Å²) in [5, 5.41) is 8.01. The maximum Gasteiger partial charge on any atom is 0.137 e. The van der Waals surface area contributed by atoms with Gasteiger partial charge in [-0.1, -0.05) is 0 Å². The number of ketones is 1. The fourth-order valence-electron chi connectivity index (χ4n) is 1.85. The Hall–Kier alpha value is -0.900. The normalized spacial score (nSPS) is 21.6. The van der Waals surface area contributed by atoms with E-state index in [0.717, 1.165) is 5.82 Å². The molecule has 2 aliphatic rings. The summed E-state index contributed by atoms with van der Waals surface area (Å²) in [6, 6.07) is 0.626. The maximum absolute atomic E-state index is 10.8. The molecule has 3 rings (SSSR count). The van der Waals surface area contributed by atoms with Gasteiger partial charge >= 0.3 is 0 Å². The van der Waals surface area contributed by atoms with Crippen LogP contribution in [0, 0.1) is 0 Å². The average molecular weight is 214 g/mol. The van der Waals surface area contributed by atoms with Gasteiger partial charge < -0.3 is 4.57 Å². The summed E-state index contributed by atoms with van der Waals surface area (Å²) in [5.74, 6) is 1.74. The van der Waals surface area contributed by atoms with Gasteiger partial charge in [-0.15, -0.1) is 22.6 Å². The van der Waals surface area contributed by atoms with Crippen LogP contribution < -0.4 is 0 Å². The molecule has 0 aliphatic heterocycles. The van der Waals surface area contributed by atoms with Gasteiger partial charge in [-0.3, -0.25) is 4.79 Å². The van der Waals surface area contributed by atoms with Gasteiger partial charge in [0.1, 0.15) is 17.9 Å². The molecular weight excluding hydrogens is 202 g/mol. The highest BCUT2D eigenvalue weighted by atomic mass is 35.5. The zero-order valence-electron chi connectivity index (χ0n) is 7.72. The van der Waals surface area contributed by atoms with E-state index in [1.807, 2.05) is 0 Å². The van der Waals surface area contributed by atoms with Crippen molar-refractivity contribution in [2.24, 2.45) is 0 Å². The molecule has 2 saturated carbocycles. The first-order valence-corrected chi connectivity index (χ1v) is 4.75. The Morgan fingerprint density at radius 1 is 1.36 bits per heavy atom. The van der Waals surface area contributed by atoms with Gasteiger partial charge in [-0.2, -0.15) is 0 Å². The highest BCUT2D eigenvalue weighted by Crippen LogP contribution is 2.40. The molecule has 4 nitrogen and oxygen atoms in total. The predicted octanol–water partition coefficient (Wildman–Crippen LogP) is 1.48. The number of aromatic nitrogens is 3. The van der Waals surface area contributed by atoms with Gasteiger partial charge in [0.25, 0.3) is 0 Å². The molecule has 14 heavy (non-hydrogen) atoms. The Bertz CT molecular complexity index is 351. The van der Waals surface area contributed by atoms with Crippen molar-refractivity contribution in [3.63, 3.8) is 0 Å². The molecule has 2 aliphatic carbocycles. The van der Waals surface area contributed by atoms with E-state index >= 15 is 0 Å². The minimum Gasteiger partial charge on any atom is -0.314 e. The molecule has 0 spiro atoms. The Labute approximate surface area is 88.1 Å². The van der Waals surface area contributed by atoms with Crippen LogP contribution in [0.5, 0.6) is 0 Å². The molecule has 0 N–H and O–H groups in total. The molecule has 0 radical (unpaired) electrons. The summed E-state index contributed by atoms with van der Waals surface area (Å²) >= 11 is 0. The molecule has 0 saturated heterocycles. The summed E-state index contributed by atoms with van der Waals surface area (Å²) in [5.41, 5.74) is 0. The van der Waals surface area contributed by atoms with Crippen LogP contribution in [-0.4, -0.2) is 20.5 Å². The van der Waals surface area contributed by atoms with E-state index in [4.69, 9.17) is 0 Å². The lowest BCUT2D eigenvalue weighted by Gasteiger charge is -2.23. The van der Waals surface area contributed by atoms with Gasteiger partial charge in [0.2, 0.25) is 0 Å². The Morgan fingerprint density at radius 3 is 2.64 bits per heavy atom. The summed E-state index contributed by atoms with van der Waals surface area (Å²) in [6.45, 7) is 0. The number of hydrogen-bond donors (Lipinski definition) is 0. The van der Waals surface area contributed by atoms with Crippen molar-refractivity contribution in [1.82, 2.24) is 14.8 Å². The largest absolute Gasteiger partial charge is 0.314 e. The Morgan fingerprint density at radius 2 is 2.07 bits per heavy atom. The van der Waals surface area contributed by atoms with Crippen molar-refractivity contribution in [1.29, 1.82) is 0 Å². The van der Waals surface area contributed by atoms with Crippen molar-refractivity contribution < 1.29 is 4.79 Å². The molecule has 1 aromatic heterocycles. The quantitative estimate of drug-likeness (QED) is 0.748. The SMILES string of the molecule is Cl.O=C1CC(c2nncn2C2CC2)C1. The Balaban J connectivity index is 0.000000750. The maximum atomic E-state index is 10.8. The molecular formula is C9H12ClN3O. The van der Waals surface area contributed by atoms with E-state index < -0.39 is 0 Å². The minimum atomic E-state index is 0. The van der Waals surface area contributed by atoms with Crippen molar-refractivity contribution >= 4 is 18.2 Å². The van der Waals surface area contributed by atoms with Crippen LogP contribution in [0.1, 0.15) is 43.5 Å². The van der Waals surface area contributed by atoms with E-state index in [0.29, 0.717) is 30.6 Å². The second-order valence-electron chi connectivity index (χ2n) is 3.97. The zero-order valence-corrected chi connectivity index (χ0v) is 8.54. The first kappa shape index (κ1) is 9.65. The molecule has 1 heterocycles. The van der Waals surface area contributed by atoms with Crippen LogP contribution in [0.25, 0.3) is 0 Å². The van der Waals surface area contributed by atoms with Gasteiger partial charge in [-0.25, -0.2) is 0 Å². The molecule has 0 atom stereocenters. The van der Waals surface area contributed by atoms with Crippen LogP contribution in [0.4, 0.5) is 0 Å².